The number of nitrogens with zero attached hydrogens (tertiary/aromatic N) is 1. The molecule has 0 spiro atoms. The van der Waals surface area contributed by atoms with Gasteiger partial charge in [0.05, 0.1) is 5.60 Å². The van der Waals surface area contributed by atoms with Crippen molar-refractivity contribution in [1.82, 2.24) is 10.3 Å². The van der Waals surface area contributed by atoms with Crippen LogP contribution in [0.25, 0.3) is 0 Å². The van der Waals surface area contributed by atoms with E-state index in [9.17, 15) is 9.90 Å². The normalized spacial score (nSPS) is 20.5. The summed E-state index contributed by atoms with van der Waals surface area (Å²) in [5.41, 5.74) is 4.08. The van der Waals surface area contributed by atoms with E-state index < -0.39 is 5.60 Å². The molecule has 33 heavy (non-hydrogen) atoms. The van der Waals surface area contributed by atoms with Crippen LogP contribution in [0.15, 0.2) is 73.1 Å². The van der Waals surface area contributed by atoms with Crippen molar-refractivity contribution in [2.75, 3.05) is 5.32 Å². The van der Waals surface area contributed by atoms with Gasteiger partial charge >= 0.3 is 0 Å². The highest BCUT2D eigenvalue weighted by Crippen LogP contribution is 2.37. The van der Waals surface area contributed by atoms with Gasteiger partial charge in [-0.15, -0.1) is 0 Å². The molecule has 0 radical (unpaired) electrons. The van der Waals surface area contributed by atoms with E-state index in [2.05, 4.69) is 59.8 Å². The van der Waals surface area contributed by atoms with Gasteiger partial charge in [0.1, 0.15) is 0 Å². The SMILES string of the molecule is CC(C)c1ccc(C2(O)CCC(NCc3cccc(NC(=O)c4ccncc4)c3)CC2)cc1. The molecule has 1 heterocycles. The highest BCUT2D eigenvalue weighted by atomic mass is 16.3. The molecule has 3 N–H and O–H groups in total. The second kappa shape index (κ2) is 10.3. The van der Waals surface area contributed by atoms with Gasteiger partial charge in [0.2, 0.25) is 0 Å². The molecule has 1 saturated carbocycles. The predicted molar refractivity (Wildman–Crippen MR) is 132 cm³/mol. The molecule has 1 aliphatic carbocycles. The zero-order valence-corrected chi connectivity index (χ0v) is 19.4. The average Bonchev–Trinajstić information content (AvgIpc) is 2.84. The van der Waals surface area contributed by atoms with E-state index in [0.29, 0.717) is 17.5 Å². The van der Waals surface area contributed by atoms with Crippen LogP contribution >= 0.6 is 0 Å². The largest absolute Gasteiger partial charge is 0.385 e. The number of amides is 1. The van der Waals surface area contributed by atoms with Crippen LogP contribution in [-0.4, -0.2) is 22.0 Å². The van der Waals surface area contributed by atoms with Crippen LogP contribution in [-0.2, 0) is 12.1 Å². The Morgan fingerprint density at radius 1 is 1.06 bits per heavy atom. The molecule has 0 atom stereocenters. The molecule has 0 aliphatic heterocycles. The van der Waals surface area contributed by atoms with Crippen molar-refractivity contribution in [2.24, 2.45) is 0 Å². The Hall–Kier alpha value is -3.02. The van der Waals surface area contributed by atoms with Gasteiger partial charge < -0.3 is 15.7 Å². The van der Waals surface area contributed by atoms with Gasteiger partial charge in [-0.1, -0.05) is 50.2 Å². The summed E-state index contributed by atoms with van der Waals surface area (Å²) in [4.78, 5) is 16.3. The van der Waals surface area contributed by atoms with Gasteiger partial charge in [-0.25, -0.2) is 0 Å². The maximum absolute atomic E-state index is 12.4. The summed E-state index contributed by atoms with van der Waals surface area (Å²) in [5, 5.41) is 17.8. The van der Waals surface area contributed by atoms with E-state index >= 15 is 0 Å². The van der Waals surface area contributed by atoms with Crippen LogP contribution in [0.4, 0.5) is 5.69 Å². The lowest BCUT2D eigenvalue weighted by Crippen LogP contribution is -2.39. The number of carbonyl (C=O) groups is 1. The van der Waals surface area contributed by atoms with Crippen molar-refractivity contribution in [2.45, 2.75) is 63.6 Å². The molecule has 5 heteroatoms. The molecule has 1 fully saturated rings. The number of nitrogens with one attached hydrogen (secondary N) is 2. The first-order valence-corrected chi connectivity index (χ1v) is 11.8. The molecular formula is C28H33N3O2. The Balaban J connectivity index is 1.29. The van der Waals surface area contributed by atoms with Gasteiger partial charge in [0.25, 0.3) is 5.91 Å². The van der Waals surface area contributed by atoms with E-state index in [0.717, 1.165) is 49.0 Å². The zero-order chi connectivity index (χ0) is 23.3. The molecule has 5 nitrogen and oxygen atoms in total. The van der Waals surface area contributed by atoms with Crippen molar-refractivity contribution >= 4 is 11.6 Å². The minimum Gasteiger partial charge on any atom is -0.385 e. The van der Waals surface area contributed by atoms with Crippen molar-refractivity contribution in [3.63, 3.8) is 0 Å². The first-order valence-electron chi connectivity index (χ1n) is 11.8. The van der Waals surface area contributed by atoms with Gasteiger partial charge in [-0.3, -0.25) is 9.78 Å². The lowest BCUT2D eigenvalue weighted by Gasteiger charge is -2.37. The first-order chi connectivity index (χ1) is 15.9. The summed E-state index contributed by atoms with van der Waals surface area (Å²) in [6, 6.07) is 20.2. The lowest BCUT2D eigenvalue weighted by atomic mass is 9.77. The summed E-state index contributed by atoms with van der Waals surface area (Å²) in [5.74, 6) is 0.353. The molecule has 172 valence electrons. The van der Waals surface area contributed by atoms with Crippen LogP contribution in [0.3, 0.4) is 0 Å². The molecule has 2 aromatic carbocycles. The van der Waals surface area contributed by atoms with Crippen molar-refractivity contribution in [3.05, 3.63) is 95.3 Å². The lowest BCUT2D eigenvalue weighted by molar-refractivity contribution is -0.00848. The zero-order valence-electron chi connectivity index (χ0n) is 19.4. The molecular weight excluding hydrogens is 410 g/mol. The molecule has 1 aliphatic rings. The van der Waals surface area contributed by atoms with Crippen LogP contribution < -0.4 is 10.6 Å². The van der Waals surface area contributed by atoms with E-state index in [4.69, 9.17) is 0 Å². The number of anilines is 1. The van der Waals surface area contributed by atoms with Crippen molar-refractivity contribution in [1.29, 1.82) is 0 Å². The molecule has 0 saturated heterocycles. The number of hydrogen-bond donors (Lipinski definition) is 3. The first kappa shape index (κ1) is 23.1. The standard InChI is InChI=1S/C28H33N3O2/c1-20(2)22-6-8-24(9-7-22)28(33)14-10-25(11-15-28)30-19-21-4-3-5-26(18-21)31-27(32)23-12-16-29-17-13-23/h3-9,12-13,16-18,20,25,30,33H,10-11,14-15,19H2,1-2H3,(H,31,32). The smallest absolute Gasteiger partial charge is 0.255 e. The Morgan fingerprint density at radius 2 is 1.76 bits per heavy atom. The highest BCUT2D eigenvalue weighted by Gasteiger charge is 2.34. The summed E-state index contributed by atoms with van der Waals surface area (Å²) in [7, 11) is 0. The number of benzene rings is 2. The number of aliphatic hydroxyl groups is 1. The summed E-state index contributed by atoms with van der Waals surface area (Å²) >= 11 is 0. The van der Waals surface area contributed by atoms with Gasteiger partial charge in [0.15, 0.2) is 0 Å². The maximum Gasteiger partial charge on any atom is 0.255 e. The topological polar surface area (TPSA) is 74.2 Å². The van der Waals surface area contributed by atoms with E-state index in [-0.39, 0.29) is 5.91 Å². The monoisotopic (exact) mass is 443 g/mol. The van der Waals surface area contributed by atoms with Crippen LogP contribution in [0.2, 0.25) is 0 Å². The Morgan fingerprint density at radius 3 is 2.42 bits per heavy atom. The van der Waals surface area contributed by atoms with Crippen molar-refractivity contribution < 1.29 is 9.90 Å². The summed E-state index contributed by atoms with van der Waals surface area (Å²) in [6.45, 7) is 5.10. The minimum absolute atomic E-state index is 0.143. The van der Waals surface area contributed by atoms with Crippen molar-refractivity contribution in [3.8, 4) is 0 Å². The average molecular weight is 444 g/mol. The van der Waals surface area contributed by atoms with Gasteiger partial charge in [-0.05, 0) is 72.6 Å². The third kappa shape index (κ3) is 5.86. The number of carbonyl (C=O) groups excluding carboxylic acids is 1. The highest BCUT2D eigenvalue weighted by molar-refractivity contribution is 6.04. The Bertz CT molecular complexity index is 1060. The van der Waals surface area contributed by atoms with Crippen LogP contribution in [0.5, 0.6) is 0 Å². The second-order valence-electron chi connectivity index (χ2n) is 9.35. The fraction of sp³-hybridized carbons (Fsp3) is 0.357. The Kier molecular flexibility index (Phi) is 7.21. The fourth-order valence-electron chi connectivity index (χ4n) is 4.49. The maximum atomic E-state index is 12.4. The number of rotatable bonds is 7. The molecule has 3 aromatic rings. The minimum atomic E-state index is -0.731. The predicted octanol–water partition coefficient (Wildman–Crippen LogP) is 5.38. The van der Waals surface area contributed by atoms with Crippen LogP contribution in [0.1, 0.15) is 72.5 Å². The van der Waals surface area contributed by atoms with E-state index in [1.807, 2.05) is 18.2 Å². The van der Waals surface area contributed by atoms with E-state index in [1.54, 1.807) is 24.5 Å². The quantitative estimate of drug-likeness (QED) is 0.458. The molecule has 1 amide bonds. The number of aromatic nitrogens is 1. The van der Waals surface area contributed by atoms with Crippen LogP contribution in [0, 0.1) is 0 Å². The molecule has 0 bridgehead atoms. The Labute approximate surface area is 196 Å². The molecule has 1 aromatic heterocycles. The molecule has 4 rings (SSSR count). The summed E-state index contributed by atoms with van der Waals surface area (Å²) < 4.78 is 0. The van der Waals surface area contributed by atoms with Gasteiger partial charge in [0, 0.05) is 36.2 Å². The number of hydrogen-bond acceptors (Lipinski definition) is 4. The van der Waals surface area contributed by atoms with Gasteiger partial charge in [-0.2, -0.15) is 0 Å². The third-order valence-electron chi connectivity index (χ3n) is 6.65. The fourth-order valence-corrected chi connectivity index (χ4v) is 4.49. The summed E-state index contributed by atoms with van der Waals surface area (Å²) in [6.07, 6.45) is 6.60. The third-order valence-corrected chi connectivity index (χ3v) is 6.65. The second-order valence-corrected chi connectivity index (χ2v) is 9.35. The molecule has 0 unspecified atom stereocenters. The number of pyridine rings is 1. The van der Waals surface area contributed by atoms with E-state index in [1.165, 1.54) is 5.56 Å².